The Morgan fingerprint density at radius 1 is 1.30 bits per heavy atom. The summed E-state index contributed by atoms with van der Waals surface area (Å²) in [5.74, 6) is -0.324. The van der Waals surface area contributed by atoms with Crippen molar-refractivity contribution in [2.24, 2.45) is 0 Å². The molecule has 1 aromatic carbocycles. The van der Waals surface area contributed by atoms with Crippen LogP contribution in [0.3, 0.4) is 0 Å². The number of aromatic nitrogens is 1. The first kappa shape index (κ1) is 14.3. The highest BCUT2D eigenvalue weighted by Gasteiger charge is 2.14. The summed E-state index contributed by atoms with van der Waals surface area (Å²) in [4.78, 5) is 23.3. The Kier molecular flexibility index (Phi) is 4.23. The maximum Gasteiger partial charge on any atom is 0.337 e. The van der Waals surface area contributed by atoms with Gasteiger partial charge in [0.2, 0.25) is 0 Å². The van der Waals surface area contributed by atoms with Gasteiger partial charge in [-0.2, -0.15) is 0 Å². The summed E-state index contributed by atoms with van der Waals surface area (Å²) in [7, 11) is 1.36. The minimum atomic E-state index is -0.362. The lowest BCUT2D eigenvalue weighted by Gasteiger charge is -2.05. The SMILES string of the molecule is CCCCn1cc(C(C)=O)c2ccc(C(=O)OC)cc21. The van der Waals surface area contributed by atoms with Crippen LogP contribution in [0.25, 0.3) is 10.9 Å². The monoisotopic (exact) mass is 273 g/mol. The lowest BCUT2D eigenvalue weighted by molar-refractivity contribution is 0.0600. The summed E-state index contributed by atoms with van der Waals surface area (Å²) in [6.07, 6.45) is 3.99. The highest BCUT2D eigenvalue weighted by atomic mass is 16.5. The lowest BCUT2D eigenvalue weighted by atomic mass is 10.1. The molecule has 0 radical (unpaired) electrons. The van der Waals surface area contributed by atoms with E-state index in [9.17, 15) is 9.59 Å². The summed E-state index contributed by atoms with van der Waals surface area (Å²) in [5.41, 5.74) is 2.12. The molecule has 0 amide bonds. The molecule has 0 N–H and O–H groups in total. The molecule has 0 saturated heterocycles. The van der Waals surface area contributed by atoms with E-state index in [1.165, 1.54) is 7.11 Å². The molecular weight excluding hydrogens is 254 g/mol. The van der Waals surface area contributed by atoms with Crippen LogP contribution in [0.1, 0.15) is 47.4 Å². The molecule has 0 fully saturated rings. The van der Waals surface area contributed by atoms with Crippen molar-refractivity contribution in [2.45, 2.75) is 33.2 Å². The molecule has 0 saturated carbocycles. The standard InChI is InChI=1S/C16H19NO3/c1-4-5-8-17-10-14(11(2)18)13-7-6-12(9-15(13)17)16(19)20-3/h6-7,9-10H,4-5,8H2,1-3H3. The van der Waals surface area contributed by atoms with Crippen molar-refractivity contribution in [1.29, 1.82) is 0 Å². The van der Waals surface area contributed by atoms with Gasteiger partial charge in [-0.05, 0) is 25.5 Å². The van der Waals surface area contributed by atoms with Gasteiger partial charge in [0.05, 0.1) is 12.7 Å². The van der Waals surface area contributed by atoms with Crippen molar-refractivity contribution >= 4 is 22.7 Å². The Morgan fingerprint density at radius 3 is 2.65 bits per heavy atom. The first-order valence-corrected chi connectivity index (χ1v) is 6.80. The maximum absolute atomic E-state index is 11.7. The molecule has 0 atom stereocenters. The number of fused-ring (bicyclic) bond motifs is 1. The van der Waals surface area contributed by atoms with E-state index in [4.69, 9.17) is 4.74 Å². The van der Waals surface area contributed by atoms with Crippen molar-refractivity contribution in [2.75, 3.05) is 7.11 Å². The Hall–Kier alpha value is -2.10. The van der Waals surface area contributed by atoms with E-state index < -0.39 is 0 Å². The third-order valence-electron chi connectivity index (χ3n) is 3.44. The van der Waals surface area contributed by atoms with Crippen molar-refractivity contribution in [3.8, 4) is 0 Å². The average molecular weight is 273 g/mol. The smallest absolute Gasteiger partial charge is 0.337 e. The van der Waals surface area contributed by atoms with Crippen LogP contribution in [0.15, 0.2) is 24.4 Å². The van der Waals surface area contributed by atoms with Crippen molar-refractivity contribution < 1.29 is 14.3 Å². The molecule has 4 nitrogen and oxygen atoms in total. The molecule has 0 aliphatic heterocycles. The van der Waals surface area contributed by atoms with Crippen LogP contribution in [-0.2, 0) is 11.3 Å². The van der Waals surface area contributed by atoms with Crippen LogP contribution in [0, 0.1) is 0 Å². The number of methoxy groups -OCH3 is 1. The Balaban J connectivity index is 2.58. The zero-order valence-corrected chi connectivity index (χ0v) is 12.1. The number of esters is 1. The molecule has 0 aliphatic carbocycles. The number of carbonyl (C=O) groups is 2. The topological polar surface area (TPSA) is 48.3 Å². The van der Waals surface area contributed by atoms with Gasteiger partial charge in [0.1, 0.15) is 0 Å². The predicted molar refractivity (Wildman–Crippen MR) is 78.2 cm³/mol. The number of Topliss-reactive ketones (excluding diaryl/α,β-unsaturated/α-hetero) is 1. The number of carbonyl (C=O) groups excluding carboxylic acids is 2. The molecule has 1 heterocycles. The van der Waals surface area contributed by atoms with E-state index in [1.807, 2.05) is 16.8 Å². The first-order chi connectivity index (χ1) is 9.58. The van der Waals surface area contributed by atoms with Crippen LogP contribution in [0.4, 0.5) is 0 Å². The second-order valence-electron chi connectivity index (χ2n) is 4.87. The molecule has 106 valence electrons. The molecule has 2 rings (SSSR count). The molecular formula is C16H19NO3. The Morgan fingerprint density at radius 2 is 2.05 bits per heavy atom. The fourth-order valence-electron chi connectivity index (χ4n) is 2.33. The average Bonchev–Trinajstić information content (AvgIpc) is 2.82. The van der Waals surface area contributed by atoms with Crippen molar-refractivity contribution in [3.63, 3.8) is 0 Å². The zero-order chi connectivity index (χ0) is 14.7. The molecule has 0 unspecified atom stereocenters. The fraction of sp³-hybridized carbons (Fsp3) is 0.375. The van der Waals surface area contributed by atoms with Crippen molar-refractivity contribution in [1.82, 2.24) is 4.57 Å². The lowest BCUT2D eigenvalue weighted by Crippen LogP contribution is -2.02. The summed E-state index contributed by atoms with van der Waals surface area (Å²) >= 11 is 0. The second kappa shape index (κ2) is 5.90. The molecule has 1 aromatic heterocycles. The van der Waals surface area contributed by atoms with Gasteiger partial charge in [-0.1, -0.05) is 19.4 Å². The quantitative estimate of drug-likeness (QED) is 0.619. The third kappa shape index (κ3) is 2.59. The third-order valence-corrected chi connectivity index (χ3v) is 3.44. The first-order valence-electron chi connectivity index (χ1n) is 6.80. The number of rotatable bonds is 5. The summed E-state index contributed by atoms with van der Waals surface area (Å²) in [6, 6.07) is 5.31. The molecule has 0 aliphatic rings. The van der Waals surface area contributed by atoms with E-state index in [2.05, 4.69) is 6.92 Å². The number of aryl methyl sites for hydroxylation is 1. The minimum Gasteiger partial charge on any atom is -0.465 e. The predicted octanol–water partition coefficient (Wildman–Crippen LogP) is 3.43. The number of hydrogen-bond acceptors (Lipinski definition) is 3. The number of benzene rings is 1. The molecule has 0 spiro atoms. The maximum atomic E-state index is 11.7. The molecule has 4 heteroatoms. The van der Waals surface area contributed by atoms with E-state index in [1.54, 1.807) is 19.1 Å². The van der Waals surface area contributed by atoms with Crippen LogP contribution < -0.4 is 0 Å². The van der Waals surface area contributed by atoms with Gasteiger partial charge < -0.3 is 9.30 Å². The highest BCUT2D eigenvalue weighted by molar-refractivity contribution is 6.08. The Bertz CT molecular complexity index is 655. The van der Waals surface area contributed by atoms with Gasteiger partial charge in [-0.3, -0.25) is 4.79 Å². The summed E-state index contributed by atoms with van der Waals surface area (Å²) in [5, 5.41) is 0.890. The number of ether oxygens (including phenoxy) is 1. The number of unbranched alkanes of at least 4 members (excludes halogenated alkanes) is 1. The van der Waals surface area contributed by atoms with E-state index in [0.29, 0.717) is 11.1 Å². The van der Waals surface area contributed by atoms with Gasteiger partial charge in [0, 0.05) is 29.2 Å². The van der Waals surface area contributed by atoms with Gasteiger partial charge >= 0.3 is 5.97 Å². The van der Waals surface area contributed by atoms with Crippen LogP contribution >= 0.6 is 0 Å². The molecule has 20 heavy (non-hydrogen) atoms. The van der Waals surface area contributed by atoms with Crippen LogP contribution in [-0.4, -0.2) is 23.4 Å². The number of ketones is 1. The minimum absolute atomic E-state index is 0.0380. The van der Waals surface area contributed by atoms with Crippen LogP contribution in [0.5, 0.6) is 0 Å². The van der Waals surface area contributed by atoms with E-state index in [0.717, 1.165) is 30.3 Å². The summed E-state index contributed by atoms with van der Waals surface area (Å²) < 4.78 is 6.79. The van der Waals surface area contributed by atoms with Gasteiger partial charge in [-0.25, -0.2) is 4.79 Å². The molecule has 0 bridgehead atoms. The van der Waals surface area contributed by atoms with E-state index >= 15 is 0 Å². The van der Waals surface area contributed by atoms with Crippen molar-refractivity contribution in [3.05, 3.63) is 35.5 Å². The van der Waals surface area contributed by atoms with Gasteiger partial charge in [0.15, 0.2) is 5.78 Å². The van der Waals surface area contributed by atoms with Gasteiger partial charge in [-0.15, -0.1) is 0 Å². The zero-order valence-electron chi connectivity index (χ0n) is 12.1. The largest absolute Gasteiger partial charge is 0.465 e. The number of nitrogens with zero attached hydrogens (tertiary/aromatic N) is 1. The fourth-order valence-corrected chi connectivity index (χ4v) is 2.33. The highest BCUT2D eigenvalue weighted by Crippen LogP contribution is 2.24. The normalized spacial score (nSPS) is 10.8. The van der Waals surface area contributed by atoms with Crippen LogP contribution in [0.2, 0.25) is 0 Å². The van der Waals surface area contributed by atoms with E-state index in [-0.39, 0.29) is 11.8 Å². The second-order valence-corrected chi connectivity index (χ2v) is 4.87. The van der Waals surface area contributed by atoms with Gasteiger partial charge in [0.25, 0.3) is 0 Å². The molecule has 2 aromatic rings. The number of hydrogen-bond donors (Lipinski definition) is 0. The Labute approximate surface area is 118 Å². The summed E-state index contributed by atoms with van der Waals surface area (Å²) in [6.45, 7) is 4.52.